The molecule has 7 heterocycles. The Balaban J connectivity index is 0.793. The Bertz CT molecular complexity index is 3400. The number of nitrogens with two attached hydrogens (primary N) is 2. The molecule has 0 aliphatic carbocycles. The SMILES string of the molecule is Cc1cn(-c2ccc(F)cc2F)c2nc(N3CCN(C(=N)/N=C(\N)N4CCN(/C(N)=N/C(=N)N5CCN(c6nc7c(cc6F)c(=O)c(C(=O)O)cn7-c6ccc(F)cc6F)CC5)CC4)CC3)c(F)cc2c1=O. The van der Waals surface area contributed by atoms with Crippen molar-refractivity contribution in [2.75, 3.05) is 88.3 Å². The van der Waals surface area contributed by atoms with Crippen LogP contribution in [0.1, 0.15) is 15.9 Å². The van der Waals surface area contributed by atoms with Gasteiger partial charge in [-0.2, -0.15) is 9.98 Å². The minimum atomic E-state index is -1.64. The normalized spacial score (nSPS) is 16.0. The smallest absolute Gasteiger partial charge is 0.341 e. The fourth-order valence-corrected chi connectivity index (χ4v) is 8.80. The van der Waals surface area contributed by atoms with Crippen molar-refractivity contribution >= 4 is 63.5 Å². The molecular formula is C46H44F6N16O4. The molecule has 20 nitrogen and oxygen atoms in total. The van der Waals surface area contributed by atoms with Crippen LogP contribution in [-0.4, -0.2) is 152 Å². The van der Waals surface area contributed by atoms with Gasteiger partial charge in [0.15, 0.2) is 51.9 Å². The number of aromatic nitrogens is 4. The maximum Gasteiger partial charge on any atom is 0.341 e. The monoisotopic (exact) mass is 998 g/mol. The lowest BCUT2D eigenvalue weighted by atomic mass is 10.1. The van der Waals surface area contributed by atoms with Crippen molar-refractivity contribution in [2.24, 2.45) is 21.5 Å². The molecule has 0 amide bonds. The van der Waals surface area contributed by atoms with Crippen LogP contribution >= 0.6 is 0 Å². The molecule has 26 heteroatoms. The zero-order chi connectivity index (χ0) is 51.3. The third kappa shape index (κ3) is 9.24. The summed E-state index contributed by atoms with van der Waals surface area (Å²) in [5.41, 5.74) is 9.96. The predicted molar refractivity (Wildman–Crippen MR) is 256 cm³/mol. The van der Waals surface area contributed by atoms with E-state index >= 15 is 8.78 Å². The second kappa shape index (κ2) is 19.2. The number of carboxylic acids is 1. The van der Waals surface area contributed by atoms with Gasteiger partial charge in [-0.25, -0.2) is 41.1 Å². The molecule has 0 unspecified atom stereocenters. The Kier molecular flexibility index (Phi) is 12.9. The number of piperazine rings is 3. The first-order valence-electron chi connectivity index (χ1n) is 22.3. The maximum atomic E-state index is 15.6. The lowest BCUT2D eigenvalue weighted by Gasteiger charge is -2.38. The van der Waals surface area contributed by atoms with Gasteiger partial charge in [-0.1, -0.05) is 0 Å². The average molecular weight is 999 g/mol. The molecule has 0 atom stereocenters. The Morgan fingerprint density at radius 3 is 1.36 bits per heavy atom. The number of aliphatic imine (C=N–C) groups is 2. The molecule has 7 N–H and O–H groups in total. The molecule has 72 heavy (non-hydrogen) atoms. The van der Waals surface area contributed by atoms with E-state index in [9.17, 15) is 37.1 Å². The molecule has 0 saturated carbocycles. The summed E-state index contributed by atoms with van der Waals surface area (Å²) in [6, 6.07) is 7.43. The van der Waals surface area contributed by atoms with Crippen molar-refractivity contribution in [1.82, 2.24) is 38.7 Å². The highest BCUT2D eigenvalue weighted by Gasteiger charge is 2.29. The lowest BCUT2D eigenvalue weighted by molar-refractivity contribution is 0.0695. The number of aryl methyl sites for hydroxylation is 1. The van der Waals surface area contributed by atoms with E-state index in [1.54, 1.807) is 29.4 Å². The fourth-order valence-electron chi connectivity index (χ4n) is 8.80. The Morgan fingerprint density at radius 2 is 0.958 bits per heavy atom. The van der Waals surface area contributed by atoms with Crippen LogP contribution in [0.2, 0.25) is 0 Å². The number of nitrogens with one attached hydrogen (secondary N) is 2. The van der Waals surface area contributed by atoms with Crippen molar-refractivity contribution in [3.63, 3.8) is 0 Å². The van der Waals surface area contributed by atoms with Crippen LogP contribution in [0.25, 0.3) is 33.4 Å². The average Bonchev–Trinajstić information content (AvgIpc) is 3.35. The number of guanidine groups is 4. The van der Waals surface area contributed by atoms with Crippen molar-refractivity contribution in [2.45, 2.75) is 6.92 Å². The zero-order valence-electron chi connectivity index (χ0n) is 38.2. The maximum absolute atomic E-state index is 15.6. The van der Waals surface area contributed by atoms with Crippen LogP contribution in [-0.2, 0) is 0 Å². The van der Waals surface area contributed by atoms with Gasteiger partial charge in [0.25, 0.3) is 0 Å². The number of nitrogens with zero attached hydrogens (tertiary/aromatic N) is 12. The van der Waals surface area contributed by atoms with Crippen LogP contribution in [0.4, 0.5) is 38.0 Å². The highest BCUT2D eigenvalue weighted by Crippen LogP contribution is 2.28. The van der Waals surface area contributed by atoms with E-state index in [1.807, 2.05) is 0 Å². The third-order valence-electron chi connectivity index (χ3n) is 12.7. The summed E-state index contributed by atoms with van der Waals surface area (Å²) in [7, 11) is 0. The number of pyridine rings is 4. The second-order valence-corrected chi connectivity index (χ2v) is 17.1. The molecular weight excluding hydrogens is 955 g/mol. The van der Waals surface area contributed by atoms with E-state index in [-0.39, 0.29) is 121 Å². The van der Waals surface area contributed by atoms with E-state index in [4.69, 9.17) is 22.3 Å². The van der Waals surface area contributed by atoms with Gasteiger partial charge in [0, 0.05) is 109 Å². The van der Waals surface area contributed by atoms with Crippen molar-refractivity contribution in [1.29, 1.82) is 10.8 Å². The first-order chi connectivity index (χ1) is 34.4. The van der Waals surface area contributed by atoms with Crippen LogP contribution in [0.15, 0.2) is 80.5 Å². The Morgan fingerprint density at radius 1 is 0.569 bits per heavy atom. The van der Waals surface area contributed by atoms with Crippen LogP contribution < -0.4 is 32.1 Å². The topological polar surface area (TPSA) is 251 Å². The zero-order valence-corrected chi connectivity index (χ0v) is 38.2. The van der Waals surface area contributed by atoms with Crippen LogP contribution in [0, 0.1) is 52.6 Å². The molecule has 2 aromatic carbocycles. The number of hydrogen-bond donors (Lipinski definition) is 5. The first-order valence-corrected chi connectivity index (χ1v) is 22.3. The molecule has 374 valence electrons. The molecule has 9 rings (SSSR count). The highest BCUT2D eigenvalue weighted by atomic mass is 19.2. The van der Waals surface area contributed by atoms with Crippen LogP contribution in [0.3, 0.4) is 0 Å². The largest absolute Gasteiger partial charge is 0.477 e. The summed E-state index contributed by atoms with van der Waals surface area (Å²) in [5, 5.41) is 26.5. The minimum absolute atomic E-state index is 0.0113. The lowest BCUT2D eigenvalue weighted by Crippen LogP contribution is -2.55. The molecule has 3 saturated heterocycles. The summed E-state index contributed by atoms with van der Waals surface area (Å²) >= 11 is 0. The number of anilines is 2. The number of halogens is 6. The van der Waals surface area contributed by atoms with E-state index in [0.29, 0.717) is 38.3 Å². The van der Waals surface area contributed by atoms with Gasteiger partial charge in [-0.05, 0) is 43.3 Å². The molecule has 0 spiro atoms. The summed E-state index contributed by atoms with van der Waals surface area (Å²) < 4.78 is 90.9. The van der Waals surface area contributed by atoms with Gasteiger partial charge >= 0.3 is 5.97 Å². The van der Waals surface area contributed by atoms with Gasteiger partial charge in [0.1, 0.15) is 28.8 Å². The molecule has 3 aliphatic heterocycles. The number of carbonyl (C=O) groups is 1. The molecule has 6 aromatic rings. The molecule has 0 bridgehead atoms. The molecule has 4 aromatic heterocycles. The predicted octanol–water partition coefficient (Wildman–Crippen LogP) is 2.99. The highest BCUT2D eigenvalue weighted by molar-refractivity contribution is 5.95. The van der Waals surface area contributed by atoms with Crippen molar-refractivity contribution < 1.29 is 36.2 Å². The van der Waals surface area contributed by atoms with Crippen LogP contribution in [0.5, 0.6) is 0 Å². The summed E-state index contributed by atoms with van der Waals surface area (Å²) in [5.74, 6) is -7.42. The number of rotatable bonds is 5. The second-order valence-electron chi connectivity index (χ2n) is 17.1. The number of aromatic carboxylic acids is 1. The Hall–Kier alpha value is -8.71. The van der Waals surface area contributed by atoms with Gasteiger partial charge in [0.2, 0.25) is 17.3 Å². The van der Waals surface area contributed by atoms with Crippen molar-refractivity contribution in [3.05, 3.63) is 127 Å². The minimum Gasteiger partial charge on any atom is -0.477 e. The van der Waals surface area contributed by atoms with E-state index in [2.05, 4.69) is 20.0 Å². The molecule has 0 radical (unpaired) electrons. The van der Waals surface area contributed by atoms with E-state index in [0.717, 1.165) is 41.1 Å². The Labute approximate surface area is 403 Å². The van der Waals surface area contributed by atoms with Gasteiger partial charge in [0.05, 0.1) is 22.1 Å². The standard InChI is InChI=1S/C46H44F6N16O4/c1-24-22-67(34-4-2-25(47)18-30(34)49)38-27(36(24)69)20-32(51)40(57-38)61-6-10-63(11-7-61)43(53)59-45(55)65-14-16-66(17-15-65)46(56)60-44(54)64-12-8-62(9-13-64)41-33(52)21-28-37(70)29(42(71)72)23-68(39(28)58-41)35-5-3-26(48)19-31(35)50/h2-5,18-23H,6-17H2,1H3,(H,71,72)(H3,53,55,59)(H3,54,56,60). The van der Waals surface area contributed by atoms with Crippen molar-refractivity contribution in [3.8, 4) is 11.4 Å². The number of carboxylic acid groups (broad SMARTS) is 1. The van der Waals surface area contributed by atoms with Gasteiger partial charge < -0.3 is 46.0 Å². The summed E-state index contributed by atoms with van der Waals surface area (Å²) in [4.78, 5) is 65.3. The number of hydrogen-bond acceptors (Lipinski definition) is 9. The third-order valence-corrected chi connectivity index (χ3v) is 12.7. The quantitative estimate of drug-likeness (QED) is 0.0947. The first kappa shape index (κ1) is 48.3. The van der Waals surface area contributed by atoms with Gasteiger partial charge in [-0.15, -0.1) is 0 Å². The van der Waals surface area contributed by atoms with E-state index < -0.39 is 62.7 Å². The summed E-state index contributed by atoms with van der Waals surface area (Å²) in [6.45, 7) is 4.40. The number of benzene rings is 2. The fraction of sp³-hybridized carbons (Fsp3) is 0.283. The number of fused-ring (bicyclic) bond motifs is 2. The summed E-state index contributed by atoms with van der Waals surface area (Å²) in [6.07, 6.45) is 2.22. The molecule has 3 fully saturated rings. The van der Waals surface area contributed by atoms with Gasteiger partial charge in [-0.3, -0.25) is 29.5 Å². The van der Waals surface area contributed by atoms with E-state index in [1.165, 1.54) is 23.8 Å². The molecule has 3 aliphatic rings.